The quantitative estimate of drug-likeness (QED) is 0.0189. The summed E-state index contributed by atoms with van der Waals surface area (Å²) in [6.45, 7) is 46.1. The standard InChI is InChI=1S/2C28H30N6O2.C27H35N7O2.C21H30N6O4/c1-30-19-28(34-18-24(25(29)35)26(32-34)31-27(36)22-10-11-22)12-14-33(15-13-28)17-20-6-5-9-23(16-20)21-7-3-2-4-8-21;1-30-19-28(34-18-24(25(29)35)26(32-34)31-27(36)21-11-12-21)13-15-33(16-14-28)17-22-9-5-6-10-23(22)20-7-3-2-4-8-20;1-29-19-27(34-18-23(24(28)35)25(31-34)30-26(36)21-7-8-21)11-15-32(16-12-27)17-20-5-9-22(10-6-20)33-13-3-2-4-14-33;1-20(2,3)31-19(30)24-14-7-9-21(10-8-14,12-23-4)27-11-15(16(22)28)17(26-27)25-18(29)13-5-6-13/h2-9,16,18,22H,10-15,17,19H2,(H2,29,35)(H,31,32,36);2-10,18,21H,11-17,19H2,(H2,29,35)(H,31,32,36);5-6,9-10,18,21H,2-4,7-8,11-17,19H2,(H2,28,35)(H,30,31,36);11,13-14H,5-10,12H2,1-3H3,(H2,22,28)(H,24,30)(H,25,26,29). The third-order valence-corrected chi connectivity index (χ3v) is 28.1. The van der Waals surface area contributed by atoms with E-state index in [4.69, 9.17) is 54.0 Å². The molecule has 9 aliphatic rings. The molecule has 4 aromatic heterocycles. The number of likely N-dealkylation sites (tertiary alicyclic amines) is 3. The minimum absolute atomic E-state index is 0.00904. The number of ether oxygens (including phenoxy) is 1. The molecule has 9 amide bonds. The molecule has 35 nitrogen and oxygen atoms in total. The summed E-state index contributed by atoms with van der Waals surface area (Å²) in [7, 11) is 0. The SMILES string of the molecule is [C-]#[N+]CC1(n2cc(C(N)=O)c(NC(=O)C3CC3)n2)CCC(NC(=O)OC(C)(C)C)CC1.[C-]#[N+]CC1(n2cc(C(N)=O)c(NC(=O)C3CC3)n2)CCN(Cc2ccc(N3CCCCC3)cc2)CC1.[C-]#[N+]CC1(n2cc(C(N)=O)c(NC(=O)C3CC3)n2)CCN(Cc2cccc(-c3ccccc3)c2)CC1.[C-]#[N+]CC1(n2cc(C(N)=O)c(NC(=O)C3CC3)n2)CCN(Cc2ccccc2-c2ccccc2)CC1. The van der Waals surface area contributed by atoms with E-state index in [1.807, 2.05) is 45.0 Å². The third kappa shape index (κ3) is 25.1. The van der Waals surface area contributed by atoms with Crippen LogP contribution in [0.2, 0.25) is 0 Å². The van der Waals surface area contributed by atoms with E-state index in [0.29, 0.717) is 51.4 Å². The average molecular weight is 1890 g/mol. The lowest BCUT2D eigenvalue weighted by atomic mass is 9.79. The molecule has 5 saturated carbocycles. The molecule has 9 aromatic rings. The Morgan fingerprint density at radius 3 is 1.08 bits per heavy atom. The highest BCUT2D eigenvalue weighted by Gasteiger charge is 2.48. The van der Waals surface area contributed by atoms with Gasteiger partial charge in [-0.1, -0.05) is 115 Å². The molecule has 9 fully saturated rings. The van der Waals surface area contributed by atoms with Crippen molar-refractivity contribution in [1.82, 2.24) is 59.1 Å². The average Bonchev–Trinajstić information content (AvgIpc) is 1.62. The van der Waals surface area contributed by atoms with E-state index in [1.54, 1.807) is 37.3 Å². The molecule has 18 rings (SSSR count). The summed E-state index contributed by atoms with van der Waals surface area (Å²) < 4.78 is 12.1. The summed E-state index contributed by atoms with van der Waals surface area (Å²) in [5.41, 5.74) is 30.1. The van der Waals surface area contributed by atoms with Gasteiger partial charge in [0.25, 0.3) is 23.6 Å². The number of piperidine rings is 4. The van der Waals surface area contributed by atoms with E-state index < -0.39 is 57.5 Å². The molecule has 0 spiro atoms. The number of alkyl carbamates (subject to hydrolysis) is 1. The second-order valence-electron chi connectivity index (χ2n) is 39.6. The lowest BCUT2D eigenvalue weighted by Gasteiger charge is -2.39. The van der Waals surface area contributed by atoms with Gasteiger partial charge in [0.1, 0.15) is 50.0 Å². The number of hydrogen-bond acceptors (Lipinski definition) is 18. The normalized spacial score (nSPS) is 19.4. The molecule has 4 saturated heterocycles. The summed E-state index contributed by atoms with van der Waals surface area (Å²) in [6.07, 6.45) is 23.3. The topological polar surface area (TPSA) is 429 Å². The second-order valence-corrected chi connectivity index (χ2v) is 39.6. The molecule has 5 aromatic carbocycles. The predicted octanol–water partition coefficient (Wildman–Crippen LogP) is 13.5. The van der Waals surface area contributed by atoms with E-state index in [1.165, 1.54) is 70.1 Å². The number of nitrogens with two attached hydrogens (primary N) is 4. The number of aromatic nitrogens is 8. The van der Waals surface area contributed by atoms with Crippen molar-refractivity contribution in [3.05, 3.63) is 243 Å². The summed E-state index contributed by atoms with van der Waals surface area (Å²) in [4.78, 5) is 134. The van der Waals surface area contributed by atoms with Crippen molar-refractivity contribution in [3.8, 4) is 22.3 Å². The zero-order valence-corrected chi connectivity index (χ0v) is 79.4. The van der Waals surface area contributed by atoms with Crippen molar-refractivity contribution in [2.45, 2.75) is 209 Å². The van der Waals surface area contributed by atoms with E-state index in [2.05, 4.69) is 195 Å². The van der Waals surface area contributed by atoms with Crippen molar-refractivity contribution in [3.63, 3.8) is 0 Å². The molecule has 726 valence electrons. The summed E-state index contributed by atoms with van der Waals surface area (Å²) in [6, 6.07) is 46.7. The molecule has 0 atom stereocenters. The number of hydrogen-bond donors (Lipinski definition) is 9. The van der Waals surface area contributed by atoms with Crippen LogP contribution < -0.4 is 54.4 Å². The monoisotopic (exact) mass is 1880 g/mol. The Hall–Kier alpha value is -14.4. The first-order valence-electron chi connectivity index (χ1n) is 48.4. The van der Waals surface area contributed by atoms with Gasteiger partial charge < -0.3 is 78.5 Å². The van der Waals surface area contributed by atoms with Crippen LogP contribution in [0.4, 0.5) is 33.8 Å². The number of carbonyl (C=O) groups excluding carboxylic acids is 9. The highest BCUT2D eigenvalue weighted by Crippen LogP contribution is 2.43. The van der Waals surface area contributed by atoms with Gasteiger partial charge in [0.2, 0.25) is 49.8 Å². The first-order chi connectivity index (χ1) is 67.0. The van der Waals surface area contributed by atoms with Crippen molar-refractivity contribution in [1.29, 1.82) is 0 Å². The van der Waals surface area contributed by atoms with Gasteiger partial charge in [0, 0.05) is 132 Å². The van der Waals surface area contributed by atoms with Crippen LogP contribution in [0.25, 0.3) is 41.6 Å². The molecule has 35 heteroatoms. The van der Waals surface area contributed by atoms with E-state index in [9.17, 15) is 43.2 Å². The number of nitrogens with one attached hydrogen (secondary N) is 5. The molecule has 5 aliphatic carbocycles. The van der Waals surface area contributed by atoms with Crippen LogP contribution in [0.3, 0.4) is 0 Å². The summed E-state index contributed by atoms with van der Waals surface area (Å²) >= 11 is 0. The van der Waals surface area contributed by atoms with Crippen LogP contribution in [0, 0.1) is 50.0 Å². The first-order valence-corrected chi connectivity index (χ1v) is 48.4. The summed E-state index contributed by atoms with van der Waals surface area (Å²) in [5, 5.41) is 32.1. The number of amides is 9. The minimum atomic E-state index is -0.685. The molecule has 0 bridgehead atoms. The number of rotatable bonds is 30. The van der Waals surface area contributed by atoms with Crippen LogP contribution in [-0.4, -0.2) is 197 Å². The van der Waals surface area contributed by atoms with Crippen molar-refractivity contribution >= 4 is 82.3 Å². The number of benzene rings is 5. The largest absolute Gasteiger partial charge is 0.444 e. The molecular formula is C104H125N25O10. The molecule has 8 heterocycles. The van der Waals surface area contributed by atoms with Crippen molar-refractivity contribution in [2.75, 3.05) is 105 Å². The van der Waals surface area contributed by atoms with Gasteiger partial charge in [0.05, 0.1) is 0 Å². The fourth-order valence-corrected chi connectivity index (χ4v) is 19.2. The Kier molecular flexibility index (Phi) is 31.3. The predicted molar refractivity (Wildman–Crippen MR) is 528 cm³/mol. The second kappa shape index (κ2) is 44.0. The smallest absolute Gasteiger partial charge is 0.407 e. The van der Waals surface area contributed by atoms with Crippen LogP contribution in [0.5, 0.6) is 0 Å². The zero-order chi connectivity index (χ0) is 98.2. The lowest BCUT2D eigenvalue weighted by Crippen LogP contribution is -2.48. The molecule has 139 heavy (non-hydrogen) atoms. The van der Waals surface area contributed by atoms with Gasteiger partial charge in [-0.3, -0.25) is 71.8 Å². The Morgan fingerprint density at radius 1 is 0.381 bits per heavy atom. The van der Waals surface area contributed by atoms with Crippen LogP contribution in [-0.2, 0) is 65.7 Å². The zero-order valence-electron chi connectivity index (χ0n) is 79.4. The van der Waals surface area contributed by atoms with Gasteiger partial charge in [0.15, 0.2) is 23.3 Å². The fraction of sp³-hybridized carbons (Fsp3) is 0.471. The maximum absolute atomic E-state index is 12.3. The van der Waals surface area contributed by atoms with E-state index in [0.717, 1.165) is 136 Å². The first kappa shape index (κ1) is 99.1. The highest BCUT2D eigenvalue weighted by molar-refractivity contribution is 6.05. The molecule has 13 N–H and O–H groups in total. The third-order valence-electron chi connectivity index (χ3n) is 28.1. The van der Waals surface area contributed by atoms with Crippen LogP contribution >= 0.6 is 0 Å². The van der Waals surface area contributed by atoms with Crippen molar-refractivity contribution < 1.29 is 47.9 Å². The van der Waals surface area contributed by atoms with Crippen molar-refractivity contribution in [2.24, 2.45) is 46.6 Å². The number of anilines is 5. The van der Waals surface area contributed by atoms with E-state index in [-0.39, 0.29) is 125 Å². The molecule has 0 radical (unpaired) electrons. The van der Waals surface area contributed by atoms with Gasteiger partial charge in [-0.25, -0.2) is 31.1 Å². The summed E-state index contributed by atoms with van der Waals surface area (Å²) in [5.74, 6) is -2.49. The Morgan fingerprint density at radius 2 is 0.719 bits per heavy atom. The Labute approximate surface area is 810 Å². The number of primary amides is 4. The Balaban J connectivity index is 0.000000141. The van der Waals surface area contributed by atoms with Gasteiger partial charge in [-0.2, -0.15) is 20.4 Å². The lowest BCUT2D eigenvalue weighted by molar-refractivity contribution is -0.118. The van der Waals surface area contributed by atoms with Gasteiger partial charge >= 0.3 is 6.09 Å². The number of carbonyl (C=O) groups is 9. The highest BCUT2D eigenvalue weighted by atomic mass is 16.6. The van der Waals surface area contributed by atoms with E-state index >= 15 is 0 Å². The fourth-order valence-electron chi connectivity index (χ4n) is 19.2. The van der Waals surface area contributed by atoms with Gasteiger partial charge in [-0.05, 0) is 213 Å². The maximum Gasteiger partial charge on any atom is 0.407 e. The number of nitrogens with zero attached hydrogens (tertiary/aromatic N) is 16. The molecule has 4 aliphatic heterocycles. The molecule has 0 unspecified atom stereocenters. The molecular weight excluding hydrogens is 1760 g/mol. The van der Waals surface area contributed by atoms with Gasteiger partial charge in [-0.15, -0.1) is 0 Å². The Bertz CT molecular complexity index is 6090. The maximum atomic E-state index is 12.3. The van der Waals surface area contributed by atoms with Crippen LogP contribution in [0.15, 0.2) is 158 Å². The van der Waals surface area contributed by atoms with Crippen LogP contribution in [0.1, 0.15) is 214 Å². The minimum Gasteiger partial charge on any atom is -0.444 e.